The van der Waals surface area contributed by atoms with Gasteiger partial charge in [-0.2, -0.15) is 62.9 Å². The molecule has 0 aliphatic heterocycles. The van der Waals surface area contributed by atoms with Gasteiger partial charge >= 0.3 is 24.7 Å². The third-order valence-electron chi connectivity index (χ3n) is 21.9. The molecule has 0 saturated carbocycles. The van der Waals surface area contributed by atoms with E-state index >= 15 is 0 Å². The number of aryl methyl sites for hydroxylation is 2. The maximum absolute atomic E-state index is 14.2. The Labute approximate surface area is 714 Å². The zero-order valence-corrected chi connectivity index (χ0v) is 79.4. The van der Waals surface area contributed by atoms with Gasteiger partial charge in [0, 0.05) is 144 Å². The van der Waals surface area contributed by atoms with E-state index in [1.807, 2.05) is 138 Å². The molecule has 4 aliphatic rings. The van der Waals surface area contributed by atoms with E-state index in [4.69, 9.17) is 0 Å². The van der Waals surface area contributed by atoms with Crippen molar-refractivity contribution in [1.29, 1.82) is 0 Å². The molecular formula is C92H112F12N4O4U2. The monoisotopic (exact) mass is 2040 g/mol. The molecule has 616 valence electrons. The average molecular weight is 2040 g/mol. The van der Waals surface area contributed by atoms with Gasteiger partial charge in [0.15, 0.2) is 0 Å². The molecule has 0 bridgehead atoms. The van der Waals surface area contributed by atoms with E-state index in [1.54, 1.807) is 150 Å². The van der Waals surface area contributed by atoms with Crippen LogP contribution in [-0.4, -0.2) is 64.7 Å². The predicted molar refractivity (Wildman–Crippen MR) is 432 cm³/mol. The molecule has 2 heterocycles. The zero-order chi connectivity index (χ0) is 85.8. The van der Waals surface area contributed by atoms with Crippen LogP contribution in [0.2, 0.25) is 0 Å². The van der Waals surface area contributed by atoms with Crippen LogP contribution in [0, 0.1) is 145 Å². The van der Waals surface area contributed by atoms with Crippen molar-refractivity contribution in [1.82, 2.24) is 19.6 Å². The number of hydrogen-bond acceptors (Lipinski definition) is 6. The first-order valence-corrected chi connectivity index (χ1v) is 38.6. The van der Waals surface area contributed by atoms with Crippen molar-refractivity contribution in [3.63, 3.8) is 0 Å². The zero-order valence-electron chi connectivity index (χ0n) is 71.1. The van der Waals surface area contributed by atoms with E-state index in [0.29, 0.717) is 90.7 Å². The van der Waals surface area contributed by atoms with Gasteiger partial charge in [0.1, 0.15) is 0 Å². The van der Waals surface area contributed by atoms with Crippen LogP contribution in [0.1, 0.15) is 219 Å². The summed E-state index contributed by atoms with van der Waals surface area (Å²) < 4.78 is 172. The van der Waals surface area contributed by atoms with Crippen molar-refractivity contribution in [2.45, 2.75) is 240 Å². The molecule has 22 heteroatoms. The van der Waals surface area contributed by atoms with E-state index in [1.165, 1.54) is 36.4 Å². The fourth-order valence-corrected chi connectivity index (χ4v) is 16.2. The summed E-state index contributed by atoms with van der Waals surface area (Å²) >= 11 is 0. The Morgan fingerprint density at radius 2 is 0.482 bits per heavy atom. The molecule has 8 aromatic carbocycles. The van der Waals surface area contributed by atoms with E-state index in [0.717, 1.165) is 66.8 Å². The Hall–Kier alpha value is -6.72. The van der Waals surface area contributed by atoms with Gasteiger partial charge in [-0.05, 0) is 229 Å². The third kappa shape index (κ3) is 16.5. The molecule has 10 aromatic rings. The fraction of sp³-hybridized carbons (Fsp3) is 0.413. The van der Waals surface area contributed by atoms with Crippen molar-refractivity contribution >= 4 is 0 Å². The minimum atomic E-state index is -4.84. The summed E-state index contributed by atoms with van der Waals surface area (Å²) in [5.41, 5.74) is 4.85. The molecular weight excluding hydrogens is 1930 g/mol. The summed E-state index contributed by atoms with van der Waals surface area (Å²) in [5.74, 6) is 0. The van der Waals surface area contributed by atoms with Gasteiger partial charge in [0.2, 0.25) is 22.4 Å². The van der Waals surface area contributed by atoms with Crippen LogP contribution in [0.15, 0.2) is 122 Å². The Balaban J connectivity index is 0.000000375. The first kappa shape index (κ1) is 101. The largest absolute Gasteiger partial charge is 0.425 e. The Morgan fingerprint density at radius 3 is 0.675 bits per heavy atom. The first-order chi connectivity index (χ1) is 52.5. The van der Waals surface area contributed by atoms with Gasteiger partial charge in [-0.3, -0.25) is 9.36 Å². The predicted octanol–water partition coefficient (Wildman–Crippen LogP) is 25.6. The van der Waals surface area contributed by atoms with E-state index < -0.39 is 47.1 Å². The van der Waals surface area contributed by atoms with Gasteiger partial charge in [-0.25, -0.2) is 0 Å². The number of alkyl halides is 12. The molecule has 0 unspecified atom stereocenters. The summed E-state index contributed by atoms with van der Waals surface area (Å²) in [7, 11) is 3.53. The van der Waals surface area contributed by atoms with Crippen molar-refractivity contribution in [2.24, 2.45) is 14.1 Å². The van der Waals surface area contributed by atoms with Gasteiger partial charge < -0.3 is 20.4 Å². The van der Waals surface area contributed by atoms with Crippen LogP contribution in [0.4, 0.5) is 52.7 Å². The molecule has 0 saturated heterocycles. The molecule has 114 heavy (non-hydrogen) atoms. The Kier molecular flexibility index (Phi) is 34.9. The van der Waals surface area contributed by atoms with Crippen LogP contribution < -0.4 is 0 Å². The minimum Gasteiger partial charge on any atom is -0.372 e. The van der Waals surface area contributed by atoms with Crippen molar-refractivity contribution < 1.29 is 135 Å². The number of nitrogens with zero attached hydrogens (tertiary/aromatic N) is 4. The number of aromatic nitrogens is 4. The van der Waals surface area contributed by atoms with Gasteiger partial charge in [0.05, 0.1) is 12.4 Å². The summed E-state index contributed by atoms with van der Waals surface area (Å²) in [5, 5.41) is 52.1. The minimum absolute atomic E-state index is 0. The second kappa shape index (κ2) is 39.2. The molecule has 8 nitrogen and oxygen atoms in total. The normalized spacial score (nSPS) is 17.0. The Bertz CT molecular complexity index is 4720. The maximum atomic E-state index is 14.2. The average Bonchev–Trinajstić information content (AvgIpc) is 1.55. The van der Waals surface area contributed by atoms with Crippen LogP contribution in [0.5, 0.6) is 0 Å². The topological polar surface area (TPSA) is 117 Å². The summed E-state index contributed by atoms with van der Waals surface area (Å²) in [6.45, 7) is 49.4. The quantitative estimate of drug-likeness (QED) is 0.130. The molecule has 0 fully saturated rings. The van der Waals surface area contributed by atoms with Crippen molar-refractivity contribution in [2.75, 3.05) is 0 Å². The van der Waals surface area contributed by atoms with Crippen LogP contribution in [0.3, 0.4) is 0 Å². The van der Waals surface area contributed by atoms with E-state index in [9.17, 15) is 73.1 Å². The molecule has 14 rings (SSSR count). The van der Waals surface area contributed by atoms with Crippen molar-refractivity contribution in [3.05, 3.63) is 244 Å². The SMILES string of the molecule is CC.CC.CC.CC.CC.CC.CCc1c(C)c(C)c(C)c2c1-c1ccccc1[C@@]2(O)C(F)(F)F.CCc1c(C)c(C)c(C)c2c1-c1ccccc1[C@]2(O)C(F)(F)F.Cc1c(C)c(-c2cnn(C)c2)c2c(c1C)[C@@](O)(C(F)(F)F)c1ccccc1-2.Cc1c(C)c(-c2cnn(C)c2)c2c(c1C)[C@](O)(C(F)(F)F)c1ccccc1-2.[U].[U]. The molecule has 0 radical (unpaired) electrons. The molecule has 2 aromatic heterocycles. The number of hydrogen-bond donors (Lipinski definition) is 4. The second-order valence-electron chi connectivity index (χ2n) is 26.7. The molecule has 0 spiro atoms. The first-order valence-electron chi connectivity index (χ1n) is 38.6. The van der Waals surface area contributed by atoms with E-state index in [-0.39, 0.29) is 107 Å². The van der Waals surface area contributed by atoms with Crippen molar-refractivity contribution in [3.8, 4) is 66.8 Å². The summed E-state index contributed by atoms with van der Waals surface area (Å²) in [4.78, 5) is 0. The van der Waals surface area contributed by atoms with Gasteiger partial charge in [0.25, 0.3) is 0 Å². The van der Waals surface area contributed by atoms with Gasteiger partial charge in [-0.1, -0.05) is 194 Å². The molecule has 4 N–H and O–H groups in total. The number of halogens is 12. The maximum Gasteiger partial charge on any atom is 0.425 e. The number of rotatable bonds is 4. The van der Waals surface area contributed by atoms with Crippen LogP contribution in [0.25, 0.3) is 66.8 Å². The summed E-state index contributed by atoms with van der Waals surface area (Å²) in [6.07, 6.45) is -11.1. The second-order valence-corrected chi connectivity index (χ2v) is 26.7. The number of benzene rings is 8. The molecule has 0 amide bonds. The smallest absolute Gasteiger partial charge is 0.372 e. The number of aliphatic hydroxyl groups is 4. The molecule has 4 atom stereocenters. The van der Waals surface area contributed by atoms with Crippen LogP contribution >= 0.6 is 0 Å². The van der Waals surface area contributed by atoms with E-state index in [2.05, 4.69) is 10.2 Å². The van der Waals surface area contributed by atoms with Gasteiger partial charge in [-0.15, -0.1) is 0 Å². The fourth-order valence-electron chi connectivity index (χ4n) is 16.2. The standard InChI is InChI=1S/2C21H19F3N2O.2C19H19F3O.6C2H6.2U/c2*1-11-12(2)17(14-9-25-26(4)10-14)18-15-7-5-6-8-16(15)20(27,21(22,23)24)19(18)13(11)3;2*1-5-13-11(3)10(2)12(4)17-16(13)14-8-6-7-9-15(14)18(17,23)19(20,21)22;6*1-2;;/h2*5-10,27H,1-4H3;2*6-9,23H,5H2,1-4H3;6*1-2H3;;/t2*20-;2*18-;;;;;;;;/m1010......../s1. The van der Waals surface area contributed by atoms with Crippen LogP contribution in [-0.2, 0) is 49.3 Å². The number of fused-ring (bicyclic) bond motifs is 12. The Morgan fingerprint density at radius 1 is 0.289 bits per heavy atom. The third-order valence-corrected chi connectivity index (χ3v) is 21.9. The summed E-state index contributed by atoms with van der Waals surface area (Å²) in [6, 6.07) is 25.1. The molecule has 4 aliphatic carbocycles.